The van der Waals surface area contributed by atoms with Crippen molar-refractivity contribution in [3.05, 3.63) is 34.5 Å². The highest BCUT2D eigenvalue weighted by atomic mass is 16.6. The molecule has 0 saturated heterocycles. The van der Waals surface area contributed by atoms with Gasteiger partial charge in [0.1, 0.15) is 0 Å². The molecule has 0 aliphatic carbocycles. The van der Waals surface area contributed by atoms with E-state index in [0.29, 0.717) is 0 Å². The predicted octanol–water partition coefficient (Wildman–Crippen LogP) is -0.864. The number of carbonyl (C=O) groups excluding carboxylic acids is 6. The molecule has 1 aromatic rings. The first kappa shape index (κ1) is 25.7. The molecule has 0 aliphatic rings. The molecule has 172 valence electrons. The summed E-state index contributed by atoms with van der Waals surface area (Å²) in [6.45, 7) is 1.69. The van der Waals surface area contributed by atoms with Crippen molar-refractivity contribution in [2.45, 2.75) is 13.8 Å². The maximum Gasteiger partial charge on any atom is 0.397 e. The first-order valence-corrected chi connectivity index (χ1v) is 9.09. The van der Waals surface area contributed by atoms with E-state index in [9.17, 15) is 33.6 Å². The van der Waals surface area contributed by atoms with Crippen molar-refractivity contribution < 1.29 is 47.7 Å². The van der Waals surface area contributed by atoms with E-state index in [1.165, 1.54) is 0 Å². The van der Waals surface area contributed by atoms with E-state index >= 15 is 0 Å². The van der Waals surface area contributed by atoms with Gasteiger partial charge in [-0.2, -0.15) is 0 Å². The molecule has 2 N–H and O–H groups in total. The van der Waals surface area contributed by atoms with Gasteiger partial charge in [-0.1, -0.05) is 0 Å². The Morgan fingerprint density at radius 2 is 1.16 bits per heavy atom. The van der Waals surface area contributed by atoms with E-state index in [1.54, 1.807) is 13.8 Å². The van der Waals surface area contributed by atoms with E-state index in [-0.39, 0.29) is 24.6 Å². The maximum atomic E-state index is 12.0. The first-order chi connectivity index (χ1) is 15.2. The summed E-state index contributed by atoms with van der Waals surface area (Å²) in [7, 11) is 0. The number of hydrogen-bond acceptors (Lipinski definition) is 11. The summed E-state index contributed by atoms with van der Waals surface area (Å²) in [5, 5.41) is 4.13. The van der Waals surface area contributed by atoms with Gasteiger partial charge in [0.2, 0.25) is 5.43 Å². The zero-order valence-electron chi connectivity index (χ0n) is 17.1. The Morgan fingerprint density at radius 1 is 0.688 bits per heavy atom. The molecule has 0 radical (unpaired) electrons. The summed E-state index contributed by atoms with van der Waals surface area (Å²) in [5.74, 6) is -7.05. The molecule has 0 atom stereocenters. The molecule has 0 spiro atoms. The van der Waals surface area contributed by atoms with Crippen molar-refractivity contribution in [2.75, 3.05) is 37.1 Å². The molecule has 0 fully saturated rings. The second kappa shape index (κ2) is 13.1. The van der Waals surface area contributed by atoms with E-state index < -0.39 is 54.3 Å². The Bertz CT molecular complexity index is 958. The van der Waals surface area contributed by atoms with E-state index in [0.717, 1.165) is 24.3 Å². The Labute approximate surface area is 181 Å². The summed E-state index contributed by atoms with van der Waals surface area (Å²) in [5.41, 5.74) is -1.14. The minimum absolute atomic E-state index is 0.0365. The van der Waals surface area contributed by atoms with Crippen LogP contribution in [0.25, 0.3) is 0 Å². The average molecular weight is 452 g/mol. The maximum absolute atomic E-state index is 12.0. The fraction of sp³-hybridized carbons (Fsp3) is 0.316. The third kappa shape index (κ3) is 9.02. The number of carbonyl (C=O) groups is 6. The molecule has 0 unspecified atom stereocenters. The van der Waals surface area contributed by atoms with Crippen molar-refractivity contribution in [1.29, 1.82) is 0 Å². The Morgan fingerprint density at radius 3 is 1.66 bits per heavy atom. The second-order valence-electron chi connectivity index (χ2n) is 5.57. The molecule has 1 rings (SSSR count). The quantitative estimate of drug-likeness (QED) is 0.284. The Balaban J connectivity index is 2.71. The fourth-order valence-electron chi connectivity index (χ4n) is 1.89. The third-order valence-electron chi connectivity index (χ3n) is 3.24. The molecule has 0 bridgehead atoms. The smallest absolute Gasteiger partial charge is 0.397 e. The van der Waals surface area contributed by atoms with Gasteiger partial charge in [-0.3, -0.25) is 14.4 Å². The lowest BCUT2D eigenvalue weighted by Gasteiger charge is -2.05. The van der Waals surface area contributed by atoms with Crippen LogP contribution >= 0.6 is 0 Å². The van der Waals surface area contributed by atoms with Crippen molar-refractivity contribution in [2.24, 2.45) is 0 Å². The highest BCUT2D eigenvalue weighted by molar-refractivity contribution is 6.38. The summed E-state index contributed by atoms with van der Waals surface area (Å²) in [4.78, 5) is 81.1. The minimum Gasteiger partial charge on any atom is -0.463 e. The Hall–Kier alpha value is -4.29. The summed E-state index contributed by atoms with van der Waals surface area (Å²) < 4.78 is 18.0. The van der Waals surface area contributed by atoms with Gasteiger partial charge >= 0.3 is 35.7 Å². The molecule has 0 saturated carbocycles. The number of amides is 2. The number of rotatable bonds is 8. The van der Waals surface area contributed by atoms with Gasteiger partial charge in [0.15, 0.2) is 13.2 Å². The van der Waals surface area contributed by atoms with Gasteiger partial charge in [-0.25, -0.2) is 19.2 Å². The molecule has 0 aliphatic heterocycles. The molecule has 1 aromatic carbocycles. The molecule has 13 nitrogen and oxygen atoms in total. The minimum atomic E-state index is -1.43. The van der Waals surface area contributed by atoms with Crippen LogP contribution in [0.4, 0.5) is 11.4 Å². The van der Waals surface area contributed by atoms with Gasteiger partial charge < -0.3 is 29.6 Å². The lowest BCUT2D eigenvalue weighted by Crippen LogP contribution is -2.29. The molecular weight excluding hydrogens is 432 g/mol. The summed E-state index contributed by atoms with van der Waals surface area (Å²) >= 11 is 0. The predicted molar refractivity (Wildman–Crippen MR) is 105 cm³/mol. The zero-order valence-corrected chi connectivity index (χ0v) is 17.1. The fourth-order valence-corrected chi connectivity index (χ4v) is 1.89. The highest BCUT2D eigenvalue weighted by Gasteiger charge is 2.19. The SMILES string of the molecule is CCOC(=O)COC(=O)C(=O)Nc1ccc(NC(=O)C(=O)OCC(=O)OCC)c(=O)cc1. The van der Waals surface area contributed by atoms with Crippen molar-refractivity contribution in [1.82, 2.24) is 0 Å². The van der Waals surface area contributed by atoms with Crippen LogP contribution in [0.1, 0.15) is 13.8 Å². The summed E-state index contributed by atoms with van der Waals surface area (Å²) in [6.07, 6.45) is 0. The monoisotopic (exact) mass is 452 g/mol. The number of anilines is 2. The van der Waals surface area contributed by atoms with Gasteiger partial charge in [0.25, 0.3) is 0 Å². The molecule has 0 heterocycles. The Kier molecular flexibility index (Phi) is 10.5. The van der Waals surface area contributed by atoms with Crippen molar-refractivity contribution in [3.63, 3.8) is 0 Å². The molecule has 0 aromatic heterocycles. The van der Waals surface area contributed by atoms with Crippen LogP contribution in [0.15, 0.2) is 29.1 Å². The normalized spacial score (nSPS) is 9.69. The van der Waals surface area contributed by atoms with Crippen LogP contribution in [-0.2, 0) is 47.7 Å². The van der Waals surface area contributed by atoms with Crippen LogP contribution in [0.5, 0.6) is 0 Å². The standard InChI is InChI=1S/C19H20N2O11/c1-3-29-14(23)9-31-18(27)16(25)20-11-5-7-12(13(22)8-6-11)21-17(26)19(28)32-10-15(24)30-4-2/h5-8H,3-4,9-10H2,1-2H3,(H,20,25)(H,21,22,26). The van der Waals surface area contributed by atoms with E-state index in [4.69, 9.17) is 0 Å². The van der Waals surface area contributed by atoms with E-state index in [2.05, 4.69) is 24.3 Å². The van der Waals surface area contributed by atoms with Crippen molar-refractivity contribution >= 4 is 47.1 Å². The molecule has 32 heavy (non-hydrogen) atoms. The van der Waals surface area contributed by atoms with Crippen molar-refractivity contribution in [3.8, 4) is 0 Å². The average Bonchev–Trinajstić information content (AvgIpc) is 2.92. The number of nitrogens with one attached hydrogen (secondary N) is 2. The lowest BCUT2D eigenvalue weighted by molar-refractivity contribution is -0.161. The second-order valence-corrected chi connectivity index (χ2v) is 5.57. The molecular formula is C19H20N2O11. The van der Waals surface area contributed by atoms with E-state index in [1.807, 2.05) is 5.32 Å². The van der Waals surface area contributed by atoms with Gasteiger partial charge in [0.05, 0.1) is 18.9 Å². The largest absolute Gasteiger partial charge is 0.463 e. The van der Waals surface area contributed by atoms with Gasteiger partial charge in [-0.05, 0) is 38.1 Å². The summed E-state index contributed by atoms with van der Waals surface area (Å²) in [6, 6.07) is 4.27. The topological polar surface area (TPSA) is 180 Å². The third-order valence-corrected chi connectivity index (χ3v) is 3.24. The van der Waals surface area contributed by atoms with Crippen LogP contribution < -0.4 is 16.1 Å². The van der Waals surface area contributed by atoms with Crippen LogP contribution in [0, 0.1) is 0 Å². The number of ether oxygens (including phenoxy) is 4. The highest BCUT2D eigenvalue weighted by Crippen LogP contribution is 2.07. The first-order valence-electron chi connectivity index (χ1n) is 9.09. The van der Waals surface area contributed by atoms with Gasteiger partial charge in [-0.15, -0.1) is 0 Å². The lowest BCUT2D eigenvalue weighted by atomic mass is 10.4. The zero-order chi connectivity index (χ0) is 24.1. The van der Waals surface area contributed by atoms with Gasteiger partial charge in [0, 0.05) is 5.69 Å². The number of esters is 4. The van der Waals surface area contributed by atoms with Crippen LogP contribution in [0.2, 0.25) is 0 Å². The van der Waals surface area contributed by atoms with Crippen LogP contribution in [-0.4, -0.2) is 62.1 Å². The molecule has 2 amide bonds. The number of hydrogen-bond donors (Lipinski definition) is 2. The molecule has 13 heteroatoms. The van der Waals surface area contributed by atoms with Crippen LogP contribution in [0.3, 0.4) is 0 Å².